The molecule has 150 valence electrons. The molecule has 0 aliphatic rings. The van der Waals surface area contributed by atoms with E-state index in [2.05, 4.69) is 9.71 Å². The molecule has 0 aliphatic heterocycles. The summed E-state index contributed by atoms with van der Waals surface area (Å²) in [6.07, 6.45) is 3.96. The Hall–Kier alpha value is -3.43. The predicted octanol–water partition coefficient (Wildman–Crippen LogP) is 2.44. The van der Waals surface area contributed by atoms with E-state index < -0.39 is 15.9 Å². The van der Waals surface area contributed by atoms with E-state index in [9.17, 15) is 18.3 Å². The van der Waals surface area contributed by atoms with Crippen LogP contribution in [0.3, 0.4) is 0 Å². The molecule has 29 heavy (non-hydrogen) atoms. The molecular formula is C20H19N3O5S. The third-order valence-electron chi connectivity index (χ3n) is 4.13. The summed E-state index contributed by atoms with van der Waals surface area (Å²) >= 11 is 0. The summed E-state index contributed by atoms with van der Waals surface area (Å²) in [4.78, 5) is 15.3. The SMILES string of the molecule is O=C(NO)c1ccc(CS(=O)(=O)Nc2ccc(Cc3cccnc3)cc2O)cc1. The van der Waals surface area contributed by atoms with Crippen LogP contribution in [0.5, 0.6) is 5.75 Å². The number of nitrogens with zero attached hydrogens (tertiary/aromatic N) is 1. The molecule has 0 fully saturated rings. The first-order chi connectivity index (χ1) is 13.9. The van der Waals surface area contributed by atoms with E-state index >= 15 is 0 Å². The zero-order chi connectivity index (χ0) is 20.9. The topological polar surface area (TPSA) is 129 Å². The summed E-state index contributed by atoms with van der Waals surface area (Å²) in [7, 11) is -3.79. The van der Waals surface area contributed by atoms with Crippen LogP contribution in [0.15, 0.2) is 67.0 Å². The summed E-state index contributed by atoms with van der Waals surface area (Å²) < 4.78 is 27.2. The van der Waals surface area contributed by atoms with E-state index in [1.807, 2.05) is 12.1 Å². The molecule has 1 aromatic heterocycles. The Balaban J connectivity index is 1.69. The van der Waals surface area contributed by atoms with E-state index in [1.165, 1.54) is 41.9 Å². The minimum absolute atomic E-state index is 0.0798. The van der Waals surface area contributed by atoms with Gasteiger partial charge in [0.05, 0.1) is 11.4 Å². The van der Waals surface area contributed by atoms with Crippen molar-refractivity contribution < 1.29 is 23.5 Å². The van der Waals surface area contributed by atoms with Crippen LogP contribution in [0, 0.1) is 0 Å². The van der Waals surface area contributed by atoms with Crippen LogP contribution >= 0.6 is 0 Å². The highest BCUT2D eigenvalue weighted by Gasteiger charge is 2.15. The molecule has 3 rings (SSSR count). The van der Waals surface area contributed by atoms with E-state index in [-0.39, 0.29) is 22.8 Å². The molecule has 0 radical (unpaired) electrons. The van der Waals surface area contributed by atoms with Gasteiger partial charge in [-0.2, -0.15) is 0 Å². The second-order valence-electron chi connectivity index (χ2n) is 6.39. The molecule has 4 N–H and O–H groups in total. The first-order valence-corrected chi connectivity index (χ1v) is 10.3. The second kappa shape index (κ2) is 8.72. The first kappa shape index (κ1) is 20.3. The Bertz CT molecular complexity index is 1100. The van der Waals surface area contributed by atoms with Gasteiger partial charge in [0.1, 0.15) is 5.75 Å². The summed E-state index contributed by atoms with van der Waals surface area (Å²) in [6, 6.07) is 14.2. The number of phenolic OH excluding ortho intramolecular Hbond substituents is 1. The maximum absolute atomic E-state index is 12.4. The number of aromatic nitrogens is 1. The second-order valence-corrected chi connectivity index (χ2v) is 8.11. The van der Waals surface area contributed by atoms with Crippen LogP contribution in [0.2, 0.25) is 0 Å². The molecule has 0 spiro atoms. The lowest BCUT2D eigenvalue weighted by molar-refractivity contribution is 0.0706. The fourth-order valence-electron chi connectivity index (χ4n) is 2.75. The molecular weight excluding hydrogens is 394 g/mol. The summed E-state index contributed by atoms with van der Waals surface area (Å²) in [5.41, 5.74) is 4.02. The third kappa shape index (κ3) is 5.53. The summed E-state index contributed by atoms with van der Waals surface area (Å²) in [5, 5.41) is 18.8. The number of phenols is 1. The van der Waals surface area contributed by atoms with Gasteiger partial charge in [-0.25, -0.2) is 13.9 Å². The lowest BCUT2D eigenvalue weighted by Crippen LogP contribution is -2.19. The standard InChI is InChI=1S/C20H19N3O5S/c24-19-11-15(10-16-2-1-9-21-12-16)5-8-18(19)23-29(27,28)13-14-3-6-17(7-4-14)20(25)22-26/h1-9,11-12,23-24,26H,10,13H2,(H,22,25). The van der Waals surface area contributed by atoms with Crippen LogP contribution in [0.25, 0.3) is 0 Å². The molecule has 8 nitrogen and oxygen atoms in total. The van der Waals surface area contributed by atoms with Crippen molar-refractivity contribution in [2.45, 2.75) is 12.2 Å². The number of pyridine rings is 1. The van der Waals surface area contributed by atoms with Crippen molar-refractivity contribution in [1.82, 2.24) is 10.5 Å². The number of rotatable bonds is 7. The van der Waals surface area contributed by atoms with Crippen molar-refractivity contribution >= 4 is 21.6 Å². The van der Waals surface area contributed by atoms with E-state index in [0.717, 1.165) is 11.1 Å². The fourth-order valence-corrected chi connectivity index (χ4v) is 3.96. The van der Waals surface area contributed by atoms with Crippen molar-refractivity contribution in [3.05, 3.63) is 89.2 Å². The largest absolute Gasteiger partial charge is 0.506 e. The number of hydrogen-bond acceptors (Lipinski definition) is 6. The molecule has 3 aromatic rings. The Morgan fingerprint density at radius 2 is 1.72 bits per heavy atom. The highest BCUT2D eigenvalue weighted by atomic mass is 32.2. The number of amides is 1. The van der Waals surface area contributed by atoms with Gasteiger partial charge in [0.2, 0.25) is 10.0 Å². The van der Waals surface area contributed by atoms with Crippen LogP contribution in [0.1, 0.15) is 27.0 Å². The number of hydroxylamine groups is 1. The van der Waals surface area contributed by atoms with Crippen molar-refractivity contribution in [3.63, 3.8) is 0 Å². The molecule has 0 atom stereocenters. The van der Waals surface area contributed by atoms with E-state index in [4.69, 9.17) is 5.21 Å². The molecule has 0 unspecified atom stereocenters. The van der Waals surface area contributed by atoms with Gasteiger partial charge in [0, 0.05) is 18.0 Å². The van der Waals surface area contributed by atoms with Crippen molar-refractivity contribution in [2.24, 2.45) is 0 Å². The average molecular weight is 413 g/mol. The highest BCUT2D eigenvalue weighted by Crippen LogP contribution is 2.27. The first-order valence-electron chi connectivity index (χ1n) is 8.61. The summed E-state index contributed by atoms with van der Waals surface area (Å²) in [5.74, 6) is -1.20. The van der Waals surface area contributed by atoms with Gasteiger partial charge in [-0.1, -0.05) is 24.3 Å². The Morgan fingerprint density at radius 1 is 1.00 bits per heavy atom. The number of carbonyl (C=O) groups is 1. The minimum atomic E-state index is -3.79. The Kier molecular flexibility index (Phi) is 6.10. The lowest BCUT2D eigenvalue weighted by atomic mass is 10.1. The van der Waals surface area contributed by atoms with Crippen molar-refractivity contribution in [3.8, 4) is 5.75 Å². The smallest absolute Gasteiger partial charge is 0.274 e. The van der Waals surface area contributed by atoms with E-state index in [1.54, 1.807) is 18.5 Å². The van der Waals surface area contributed by atoms with Crippen LogP contribution in [0.4, 0.5) is 5.69 Å². The summed E-state index contributed by atoms with van der Waals surface area (Å²) in [6.45, 7) is 0. The molecule has 0 bridgehead atoms. The van der Waals surface area contributed by atoms with Gasteiger partial charge in [-0.3, -0.25) is 19.7 Å². The van der Waals surface area contributed by atoms with Gasteiger partial charge < -0.3 is 5.11 Å². The maximum atomic E-state index is 12.4. The number of sulfonamides is 1. The van der Waals surface area contributed by atoms with Crippen molar-refractivity contribution in [2.75, 3.05) is 4.72 Å². The molecule has 0 saturated heterocycles. The van der Waals surface area contributed by atoms with Crippen LogP contribution < -0.4 is 10.2 Å². The van der Waals surface area contributed by atoms with Gasteiger partial charge >= 0.3 is 0 Å². The Morgan fingerprint density at radius 3 is 2.34 bits per heavy atom. The Labute approximate surface area is 167 Å². The molecule has 0 aliphatic carbocycles. The number of aromatic hydroxyl groups is 1. The molecule has 1 heterocycles. The van der Waals surface area contributed by atoms with Gasteiger partial charge in [0.15, 0.2) is 0 Å². The molecule has 0 saturated carbocycles. The van der Waals surface area contributed by atoms with E-state index in [0.29, 0.717) is 12.0 Å². The molecule has 1 amide bonds. The number of nitrogens with one attached hydrogen (secondary N) is 2. The van der Waals surface area contributed by atoms with Crippen LogP contribution in [-0.4, -0.2) is 29.6 Å². The number of hydrogen-bond donors (Lipinski definition) is 4. The third-order valence-corrected chi connectivity index (χ3v) is 5.38. The fraction of sp³-hybridized carbons (Fsp3) is 0.100. The maximum Gasteiger partial charge on any atom is 0.274 e. The highest BCUT2D eigenvalue weighted by molar-refractivity contribution is 7.91. The van der Waals surface area contributed by atoms with Crippen molar-refractivity contribution in [1.29, 1.82) is 0 Å². The van der Waals surface area contributed by atoms with Gasteiger partial charge in [-0.05, 0) is 53.4 Å². The number of anilines is 1. The van der Waals surface area contributed by atoms with Gasteiger partial charge in [0.25, 0.3) is 5.91 Å². The molecule has 2 aromatic carbocycles. The minimum Gasteiger partial charge on any atom is -0.506 e. The lowest BCUT2D eigenvalue weighted by Gasteiger charge is -2.11. The predicted molar refractivity (Wildman–Crippen MR) is 107 cm³/mol. The molecule has 9 heteroatoms. The number of benzene rings is 2. The zero-order valence-electron chi connectivity index (χ0n) is 15.2. The zero-order valence-corrected chi connectivity index (χ0v) is 16.1. The van der Waals surface area contributed by atoms with Crippen LogP contribution in [-0.2, 0) is 22.2 Å². The number of carbonyl (C=O) groups excluding carboxylic acids is 1. The quantitative estimate of drug-likeness (QED) is 0.268. The monoisotopic (exact) mass is 413 g/mol. The normalized spacial score (nSPS) is 11.1. The van der Waals surface area contributed by atoms with Gasteiger partial charge in [-0.15, -0.1) is 0 Å². The average Bonchev–Trinajstić information content (AvgIpc) is 2.70.